The molecule has 1 radical (unpaired) electrons. The highest BCUT2D eigenvalue weighted by atomic mass is 16.4. The van der Waals surface area contributed by atoms with Crippen LogP contribution >= 0.6 is 0 Å². The summed E-state index contributed by atoms with van der Waals surface area (Å²) < 4.78 is 0. The van der Waals surface area contributed by atoms with Gasteiger partial charge in [0.25, 0.3) is 0 Å². The molecule has 1 aromatic carbocycles. The highest BCUT2D eigenvalue weighted by molar-refractivity contribution is 5.93. The minimum Gasteiger partial charge on any atom is -0.478 e. The van der Waals surface area contributed by atoms with Gasteiger partial charge in [-0.1, -0.05) is 39.8 Å². The molecule has 0 amide bonds. The molecule has 1 rings (SSSR count). The molecule has 0 unspecified atom stereocenters. The SMILES string of the molecule is C[CH]CCc1ccc(C(=O)O)c(CC(=O)C(C)(C)C)c1. The standard InChI is InChI=1S/C17H23O3/c1-5-6-7-12-8-9-14(16(19)20)13(10-12)11-15(18)17(2,3)4/h5,8-10H,6-7,11H2,1-4H3,(H,19,20). The molecule has 3 nitrogen and oxygen atoms in total. The maximum absolute atomic E-state index is 12.1. The number of ketones is 1. The summed E-state index contributed by atoms with van der Waals surface area (Å²) in [6, 6.07) is 5.30. The maximum atomic E-state index is 12.1. The van der Waals surface area contributed by atoms with E-state index in [-0.39, 0.29) is 17.8 Å². The topological polar surface area (TPSA) is 54.4 Å². The summed E-state index contributed by atoms with van der Waals surface area (Å²) in [4.78, 5) is 23.4. The van der Waals surface area contributed by atoms with Crippen LogP contribution in [0.15, 0.2) is 18.2 Å². The first-order chi connectivity index (χ1) is 9.25. The molecular formula is C17H23O3. The predicted octanol–water partition coefficient (Wildman–Crippen LogP) is 3.70. The highest BCUT2D eigenvalue weighted by Crippen LogP contribution is 2.21. The zero-order valence-corrected chi connectivity index (χ0v) is 12.7. The lowest BCUT2D eigenvalue weighted by Gasteiger charge is -2.17. The molecule has 0 bridgehead atoms. The van der Waals surface area contributed by atoms with Gasteiger partial charge in [0.15, 0.2) is 0 Å². The van der Waals surface area contributed by atoms with E-state index in [1.165, 1.54) is 0 Å². The second-order valence-corrected chi connectivity index (χ2v) is 6.09. The fourth-order valence-electron chi connectivity index (χ4n) is 1.91. The third-order valence-corrected chi connectivity index (χ3v) is 3.31. The summed E-state index contributed by atoms with van der Waals surface area (Å²) in [6.45, 7) is 7.55. The van der Waals surface area contributed by atoms with Crippen molar-refractivity contribution in [2.75, 3.05) is 0 Å². The van der Waals surface area contributed by atoms with Crippen LogP contribution < -0.4 is 0 Å². The third kappa shape index (κ3) is 4.48. The van der Waals surface area contributed by atoms with Crippen molar-refractivity contribution in [1.82, 2.24) is 0 Å². The minimum atomic E-state index is -0.977. The Labute approximate surface area is 121 Å². The molecule has 20 heavy (non-hydrogen) atoms. The number of aromatic carboxylic acids is 1. The van der Waals surface area contributed by atoms with Gasteiger partial charge in [-0.2, -0.15) is 0 Å². The van der Waals surface area contributed by atoms with Gasteiger partial charge < -0.3 is 5.11 Å². The lowest BCUT2D eigenvalue weighted by Crippen LogP contribution is -2.23. The molecule has 109 valence electrons. The van der Waals surface area contributed by atoms with E-state index < -0.39 is 11.4 Å². The van der Waals surface area contributed by atoms with Crippen molar-refractivity contribution in [2.45, 2.75) is 47.0 Å². The number of Topliss-reactive ketones (excluding diaryl/α,β-unsaturated/α-hetero) is 1. The normalized spacial score (nSPS) is 11.4. The van der Waals surface area contributed by atoms with E-state index in [9.17, 15) is 14.7 Å². The number of carboxylic acids is 1. The monoisotopic (exact) mass is 275 g/mol. The van der Waals surface area contributed by atoms with Crippen molar-refractivity contribution in [3.63, 3.8) is 0 Å². The average molecular weight is 275 g/mol. The van der Waals surface area contributed by atoms with Crippen LogP contribution in [-0.2, 0) is 17.6 Å². The Bertz CT molecular complexity index is 495. The van der Waals surface area contributed by atoms with Gasteiger partial charge >= 0.3 is 5.97 Å². The molecule has 1 aromatic rings. The molecule has 0 spiro atoms. The van der Waals surface area contributed by atoms with Crippen LogP contribution in [0.4, 0.5) is 0 Å². The van der Waals surface area contributed by atoms with Crippen molar-refractivity contribution in [3.05, 3.63) is 41.3 Å². The van der Waals surface area contributed by atoms with Crippen molar-refractivity contribution < 1.29 is 14.7 Å². The Hall–Kier alpha value is -1.64. The highest BCUT2D eigenvalue weighted by Gasteiger charge is 2.23. The number of rotatable bonds is 6. The van der Waals surface area contributed by atoms with Crippen molar-refractivity contribution in [2.24, 2.45) is 5.41 Å². The molecule has 3 heteroatoms. The second kappa shape index (κ2) is 6.69. The molecule has 0 aromatic heterocycles. The molecule has 1 N–H and O–H groups in total. The second-order valence-electron chi connectivity index (χ2n) is 6.09. The lowest BCUT2D eigenvalue weighted by molar-refractivity contribution is -0.125. The van der Waals surface area contributed by atoms with Crippen LogP contribution in [0.25, 0.3) is 0 Å². The Kier molecular flexibility index (Phi) is 5.49. The summed E-state index contributed by atoms with van der Waals surface area (Å²) in [5, 5.41) is 9.23. The minimum absolute atomic E-state index is 0.0548. The van der Waals surface area contributed by atoms with Gasteiger partial charge in [-0.05, 0) is 36.5 Å². The number of hydrogen-bond acceptors (Lipinski definition) is 2. The third-order valence-electron chi connectivity index (χ3n) is 3.31. The Balaban J connectivity index is 3.06. The Morgan fingerprint density at radius 1 is 1.25 bits per heavy atom. The van der Waals surface area contributed by atoms with Gasteiger partial charge in [-0.3, -0.25) is 4.79 Å². The van der Waals surface area contributed by atoms with E-state index in [4.69, 9.17) is 0 Å². The van der Waals surface area contributed by atoms with Crippen LogP contribution in [0.2, 0.25) is 0 Å². The zero-order chi connectivity index (χ0) is 15.3. The van der Waals surface area contributed by atoms with Crippen molar-refractivity contribution in [3.8, 4) is 0 Å². The molecule has 0 fully saturated rings. The zero-order valence-electron chi connectivity index (χ0n) is 12.7. The summed E-state index contributed by atoms with van der Waals surface area (Å²) in [6.07, 6.45) is 4.06. The first-order valence-electron chi connectivity index (χ1n) is 6.92. The number of carboxylic acid groups (broad SMARTS) is 1. The molecule has 0 atom stereocenters. The molecule has 0 heterocycles. The van der Waals surface area contributed by atoms with Gasteiger partial charge in [-0.25, -0.2) is 4.79 Å². The molecule has 0 aliphatic carbocycles. The summed E-state index contributed by atoms with van der Waals surface area (Å²) in [7, 11) is 0. The number of benzene rings is 1. The van der Waals surface area contributed by atoms with E-state index in [0.29, 0.717) is 5.56 Å². The quantitative estimate of drug-likeness (QED) is 0.861. The molecule has 0 saturated carbocycles. The number of unbranched alkanes of at least 4 members (excludes halogenated alkanes) is 1. The first kappa shape index (κ1) is 16.4. The summed E-state index contributed by atoms with van der Waals surface area (Å²) >= 11 is 0. The first-order valence-corrected chi connectivity index (χ1v) is 6.92. The Morgan fingerprint density at radius 3 is 2.40 bits per heavy atom. The van der Waals surface area contributed by atoms with Gasteiger partial charge in [0.1, 0.15) is 5.78 Å². The number of carbonyl (C=O) groups excluding carboxylic acids is 1. The van der Waals surface area contributed by atoms with Crippen LogP contribution in [0.3, 0.4) is 0 Å². The largest absolute Gasteiger partial charge is 0.478 e. The van der Waals surface area contributed by atoms with Crippen LogP contribution in [0.5, 0.6) is 0 Å². The smallest absolute Gasteiger partial charge is 0.335 e. The van der Waals surface area contributed by atoms with Crippen molar-refractivity contribution in [1.29, 1.82) is 0 Å². The van der Waals surface area contributed by atoms with Crippen molar-refractivity contribution >= 4 is 11.8 Å². The van der Waals surface area contributed by atoms with Gasteiger partial charge in [0.2, 0.25) is 0 Å². The van der Waals surface area contributed by atoms with E-state index in [1.807, 2.05) is 39.8 Å². The fourth-order valence-corrected chi connectivity index (χ4v) is 1.91. The summed E-state index contributed by atoms with van der Waals surface area (Å²) in [5.74, 6) is -0.922. The van der Waals surface area contributed by atoms with Crippen LogP contribution in [0, 0.1) is 11.8 Å². The molecule has 0 aliphatic rings. The van der Waals surface area contributed by atoms with Crippen LogP contribution in [0.1, 0.15) is 55.6 Å². The summed E-state index contributed by atoms with van der Waals surface area (Å²) in [5.41, 5.74) is 1.46. The number of hydrogen-bond donors (Lipinski definition) is 1. The fraction of sp³-hybridized carbons (Fsp3) is 0.471. The van der Waals surface area contributed by atoms with Gasteiger partial charge in [-0.15, -0.1) is 0 Å². The van der Waals surface area contributed by atoms with Gasteiger partial charge in [0.05, 0.1) is 5.56 Å². The predicted molar refractivity (Wildman–Crippen MR) is 79.9 cm³/mol. The maximum Gasteiger partial charge on any atom is 0.335 e. The molecular weight excluding hydrogens is 252 g/mol. The van der Waals surface area contributed by atoms with E-state index in [0.717, 1.165) is 18.4 Å². The van der Waals surface area contributed by atoms with E-state index in [1.54, 1.807) is 6.07 Å². The average Bonchev–Trinajstić information content (AvgIpc) is 2.35. The molecule has 0 saturated heterocycles. The van der Waals surface area contributed by atoms with E-state index in [2.05, 4.69) is 6.42 Å². The van der Waals surface area contributed by atoms with Gasteiger partial charge in [0, 0.05) is 11.8 Å². The van der Waals surface area contributed by atoms with Crippen LogP contribution in [-0.4, -0.2) is 16.9 Å². The number of carbonyl (C=O) groups is 2. The lowest BCUT2D eigenvalue weighted by atomic mass is 9.85. The number of aryl methyl sites for hydroxylation is 1. The molecule has 0 aliphatic heterocycles. The van der Waals surface area contributed by atoms with E-state index >= 15 is 0 Å². The Morgan fingerprint density at radius 2 is 1.90 bits per heavy atom.